The Morgan fingerprint density at radius 3 is 2.46 bits per heavy atom. The van der Waals surface area contributed by atoms with Crippen molar-refractivity contribution in [3.8, 4) is 0 Å². The van der Waals surface area contributed by atoms with Crippen LogP contribution in [0.15, 0.2) is 53.5 Å². The number of hydrogen-bond donors (Lipinski definition) is 3. The highest BCUT2D eigenvalue weighted by molar-refractivity contribution is 6.31. The van der Waals surface area contributed by atoms with Gasteiger partial charge in [0.05, 0.1) is 0 Å². The zero-order chi connectivity index (χ0) is 18.8. The molecule has 0 aromatic heterocycles. The number of nitrogens with zero attached hydrogens (tertiary/aromatic N) is 1. The summed E-state index contributed by atoms with van der Waals surface area (Å²) in [7, 11) is 3.38. The van der Waals surface area contributed by atoms with Crippen LogP contribution in [0.4, 0.5) is 0 Å². The third kappa shape index (κ3) is 6.08. The van der Waals surface area contributed by atoms with Crippen molar-refractivity contribution in [2.45, 2.75) is 12.8 Å². The Morgan fingerprint density at radius 2 is 1.77 bits per heavy atom. The van der Waals surface area contributed by atoms with E-state index in [1.807, 2.05) is 48.5 Å². The maximum absolute atomic E-state index is 11.7. The van der Waals surface area contributed by atoms with E-state index >= 15 is 0 Å². The molecule has 0 aliphatic rings. The number of guanidine groups is 1. The highest BCUT2D eigenvalue weighted by atomic mass is 35.5. The van der Waals surface area contributed by atoms with E-state index in [4.69, 9.17) is 11.6 Å². The molecule has 6 heteroatoms. The molecule has 0 bridgehead atoms. The summed E-state index contributed by atoms with van der Waals surface area (Å²) in [5.74, 6) is 0.677. The average molecular weight is 373 g/mol. The van der Waals surface area contributed by atoms with Gasteiger partial charge in [-0.25, -0.2) is 0 Å². The van der Waals surface area contributed by atoms with Gasteiger partial charge in [0.25, 0.3) is 5.91 Å². The Balaban J connectivity index is 1.77. The van der Waals surface area contributed by atoms with Crippen molar-refractivity contribution in [1.82, 2.24) is 16.0 Å². The second-order valence-electron chi connectivity index (χ2n) is 5.80. The molecule has 0 atom stereocenters. The van der Waals surface area contributed by atoms with Gasteiger partial charge in [-0.2, -0.15) is 0 Å². The number of benzene rings is 2. The number of nitrogens with one attached hydrogen (secondary N) is 3. The van der Waals surface area contributed by atoms with Crippen molar-refractivity contribution in [3.63, 3.8) is 0 Å². The van der Waals surface area contributed by atoms with E-state index in [-0.39, 0.29) is 5.91 Å². The van der Waals surface area contributed by atoms with Crippen molar-refractivity contribution in [1.29, 1.82) is 0 Å². The zero-order valence-electron chi connectivity index (χ0n) is 15.2. The van der Waals surface area contributed by atoms with Crippen molar-refractivity contribution >= 4 is 23.5 Å². The van der Waals surface area contributed by atoms with Crippen LogP contribution < -0.4 is 16.0 Å². The van der Waals surface area contributed by atoms with Gasteiger partial charge in [-0.05, 0) is 42.2 Å². The third-order valence-electron chi connectivity index (χ3n) is 3.99. The van der Waals surface area contributed by atoms with Gasteiger partial charge >= 0.3 is 0 Å². The summed E-state index contributed by atoms with van der Waals surface area (Å²) in [6.07, 6.45) is 1.63. The van der Waals surface area contributed by atoms with Crippen LogP contribution in [0.25, 0.3) is 0 Å². The van der Waals surface area contributed by atoms with E-state index in [1.165, 1.54) is 0 Å². The van der Waals surface area contributed by atoms with E-state index in [1.54, 1.807) is 14.1 Å². The molecule has 0 heterocycles. The number of rotatable bonds is 7. The quantitative estimate of drug-likeness (QED) is 0.517. The molecule has 2 aromatic carbocycles. The fraction of sp³-hybridized carbons (Fsp3) is 0.300. The Bertz CT molecular complexity index is 761. The van der Waals surface area contributed by atoms with Crippen LogP contribution >= 0.6 is 11.6 Å². The highest BCUT2D eigenvalue weighted by Gasteiger charge is 2.04. The molecular formula is C20H25ClN4O. The predicted molar refractivity (Wildman–Crippen MR) is 108 cm³/mol. The lowest BCUT2D eigenvalue weighted by Gasteiger charge is -2.12. The summed E-state index contributed by atoms with van der Waals surface area (Å²) >= 11 is 6.17. The lowest BCUT2D eigenvalue weighted by molar-refractivity contribution is 0.0963. The van der Waals surface area contributed by atoms with E-state index in [2.05, 4.69) is 20.9 Å². The lowest BCUT2D eigenvalue weighted by atomic mass is 10.1. The van der Waals surface area contributed by atoms with Crippen LogP contribution in [0, 0.1) is 0 Å². The summed E-state index contributed by atoms with van der Waals surface area (Å²) < 4.78 is 0. The van der Waals surface area contributed by atoms with Crippen molar-refractivity contribution in [2.24, 2.45) is 4.99 Å². The van der Waals surface area contributed by atoms with Gasteiger partial charge in [-0.15, -0.1) is 0 Å². The lowest BCUT2D eigenvalue weighted by Crippen LogP contribution is -2.39. The van der Waals surface area contributed by atoms with Gasteiger partial charge in [0.15, 0.2) is 5.96 Å². The second-order valence-corrected chi connectivity index (χ2v) is 6.20. The normalized spacial score (nSPS) is 11.1. The number of halogens is 1. The molecule has 0 aliphatic carbocycles. The maximum atomic E-state index is 11.7. The van der Waals surface area contributed by atoms with E-state index in [9.17, 15) is 4.79 Å². The Kier molecular flexibility index (Phi) is 7.96. The molecule has 1 amide bonds. The van der Waals surface area contributed by atoms with Crippen molar-refractivity contribution in [3.05, 3.63) is 70.2 Å². The second kappa shape index (κ2) is 10.5. The van der Waals surface area contributed by atoms with Gasteiger partial charge in [0.1, 0.15) is 0 Å². The molecule has 0 fully saturated rings. The molecule has 26 heavy (non-hydrogen) atoms. The van der Waals surface area contributed by atoms with E-state index in [0.717, 1.165) is 48.0 Å². The standard InChI is InChI=1S/C20H25ClN4O/c1-22-19(26)17-8-5-6-15(14-17)10-12-24-20(23-2)25-13-11-16-7-3-4-9-18(16)21/h3-9,14H,10-13H2,1-2H3,(H,22,26)(H2,23,24,25). The van der Waals surface area contributed by atoms with Gasteiger partial charge in [0, 0.05) is 37.8 Å². The summed E-state index contributed by atoms with van der Waals surface area (Å²) in [4.78, 5) is 15.9. The fourth-order valence-electron chi connectivity index (χ4n) is 2.57. The Labute approximate surface area is 159 Å². The molecule has 138 valence electrons. The summed E-state index contributed by atoms with van der Waals surface area (Å²) in [5.41, 5.74) is 2.89. The predicted octanol–water partition coefficient (Wildman–Crippen LogP) is 2.65. The minimum Gasteiger partial charge on any atom is -0.356 e. The minimum atomic E-state index is -0.0724. The van der Waals surface area contributed by atoms with E-state index < -0.39 is 0 Å². The molecule has 0 aliphatic heterocycles. The first-order valence-corrected chi connectivity index (χ1v) is 9.00. The van der Waals surface area contributed by atoms with Crippen LogP contribution in [0.5, 0.6) is 0 Å². The molecule has 2 aromatic rings. The zero-order valence-corrected chi connectivity index (χ0v) is 15.9. The molecule has 2 rings (SSSR count). The van der Waals surface area contributed by atoms with Gasteiger partial charge in [0.2, 0.25) is 0 Å². The molecule has 0 saturated carbocycles. The first kappa shape index (κ1) is 19.8. The van der Waals surface area contributed by atoms with Crippen LogP contribution in [0.1, 0.15) is 21.5 Å². The summed E-state index contributed by atoms with van der Waals surface area (Å²) in [6, 6.07) is 15.5. The largest absolute Gasteiger partial charge is 0.356 e. The molecule has 3 N–H and O–H groups in total. The van der Waals surface area contributed by atoms with Crippen LogP contribution in [-0.2, 0) is 12.8 Å². The molecule has 5 nitrogen and oxygen atoms in total. The highest BCUT2D eigenvalue weighted by Crippen LogP contribution is 2.14. The smallest absolute Gasteiger partial charge is 0.251 e. The molecule has 0 spiro atoms. The molecular weight excluding hydrogens is 348 g/mol. The molecule has 0 unspecified atom stereocenters. The molecule has 0 radical (unpaired) electrons. The van der Waals surface area contributed by atoms with Crippen LogP contribution in [0.3, 0.4) is 0 Å². The number of carbonyl (C=O) groups is 1. The topological polar surface area (TPSA) is 65.5 Å². The fourth-order valence-corrected chi connectivity index (χ4v) is 2.81. The van der Waals surface area contributed by atoms with Crippen molar-refractivity contribution in [2.75, 3.05) is 27.2 Å². The number of carbonyl (C=O) groups excluding carboxylic acids is 1. The van der Waals surface area contributed by atoms with Crippen LogP contribution in [0.2, 0.25) is 5.02 Å². The SMILES string of the molecule is CN=C(NCCc1cccc(C(=O)NC)c1)NCCc1ccccc1Cl. The summed E-state index contributed by atoms with van der Waals surface area (Å²) in [5, 5.41) is 10.00. The minimum absolute atomic E-state index is 0.0724. The van der Waals surface area contributed by atoms with E-state index in [0.29, 0.717) is 5.56 Å². The number of hydrogen-bond acceptors (Lipinski definition) is 2. The van der Waals surface area contributed by atoms with Crippen molar-refractivity contribution < 1.29 is 4.79 Å². The molecule has 0 saturated heterocycles. The summed E-state index contributed by atoms with van der Waals surface area (Å²) in [6.45, 7) is 1.47. The number of aliphatic imine (C=N–C) groups is 1. The third-order valence-corrected chi connectivity index (χ3v) is 4.36. The van der Waals surface area contributed by atoms with Gasteiger partial charge < -0.3 is 16.0 Å². The average Bonchev–Trinajstić information content (AvgIpc) is 2.67. The Hall–Kier alpha value is -2.53. The number of amides is 1. The first-order valence-electron chi connectivity index (χ1n) is 8.63. The monoisotopic (exact) mass is 372 g/mol. The Morgan fingerprint density at radius 1 is 1.04 bits per heavy atom. The van der Waals surface area contributed by atoms with Gasteiger partial charge in [-0.1, -0.05) is 41.9 Å². The first-order chi connectivity index (χ1) is 12.6. The maximum Gasteiger partial charge on any atom is 0.251 e. The van der Waals surface area contributed by atoms with Crippen LogP contribution in [-0.4, -0.2) is 39.1 Å². The van der Waals surface area contributed by atoms with Gasteiger partial charge in [-0.3, -0.25) is 9.79 Å².